The van der Waals surface area contributed by atoms with Gasteiger partial charge in [-0.15, -0.1) is 0 Å². The third-order valence-corrected chi connectivity index (χ3v) is 35.6. The SMILES string of the molecule is CCC1CC(CC)C2C3CC(CC3C(=O)OCOC3(CC)CCCC3)C12.CCC1CC(CC)C2C3CC(CC3C(=O)OCOC3(CC)CCCCC3)C12.CCC1CC(CC)C2C3CC(CC3C(=O)OCOC3CC4CCC3C4)C12.CCC1CC(CC)C2C3CC(CC3C(=O)OCOC3CCCCC3)C12. The van der Waals surface area contributed by atoms with Gasteiger partial charge in [-0.25, -0.2) is 0 Å². The Morgan fingerprint density at radius 1 is 0.288 bits per heavy atom. The number of rotatable bonds is 26. The van der Waals surface area contributed by atoms with Crippen LogP contribution in [0.25, 0.3) is 0 Å². The Hall–Kier alpha value is -2.28. The van der Waals surface area contributed by atoms with Crippen LogP contribution in [0.15, 0.2) is 0 Å². The smallest absolute Gasteiger partial charge is 0.311 e. The summed E-state index contributed by atoms with van der Waals surface area (Å²) in [5.74, 6) is 21.7. The van der Waals surface area contributed by atoms with E-state index in [0.29, 0.717) is 35.9 Å². The number of carbonyl (C=O) groups excluding carboxylic acids is 4. The molecule has 31 atom stereocenters. The molecule has 0 heterocycles. The Bertz CT molecular complexity index is 2780. The van der Waals surface area contributed by atoms with Crippen molar-refractivity contribution in [1.29, 1.82) is 0 Å². The fourth-order valence-corrected chi connectivity index (χ4v) is 30.9. The highest BCUT2D eigenvalue weighted by molar-refractivity contribution is 5.75. The molecule has 17 aliphatic carbocycles. The van der Waals surface area contributed by atoms with Crippen molar-refractivity contribution >= 4 is 23.9 Å². The van der Waals surface area contributed by atoms with Gasteiger partial charge in [0.2, 0.25) is 0 Å². The molecule has 104 heavy (non-hydrogen) atoms. The van der Waals surface area contributed by atoms with Crippen LogP contribution in [0.3, 0.4) is 0 Å². The van der Waals surface area contributed by atoms with Crippen LogP contribution in [-0.4, -0.2) is 74.5 Å². The highest BCUT2D eigenvalue weighted by Crippen LogP contribution is 2.70. The minimum absolute atomic E-state index is 0.0207. The van der Waals surface area contributed by atoms with E-state index in [1.54, 1.807) is 0 Å². The van der Waals surface area contributed by atoms with E-state index in [0.717, 1.165) is 207 Å². The number of hydrogen-bond donors (Lipinski definition) is 0. The summed E-state index contributed by atoms with van der Waals surface area (Å²) in [5, 5.41) is 0. The van der Waals surface area contributed by atoms with Gasteiger partial charge < -0.3 is 37.9 Å². The molecule has 0 aromatic heterocycles. The van der Waals surface area contributed by atoms with E-state index >= 15 is 0 Å². The molecule has 31 unspecified atom stereocenters. The van der Waals surface area contributed by atoms with Crippen molar-refractivity contribution in [2.45, 2.75) is 349 Å². The summed E-state index contributed by atoms with van der Waals surface area (Å²) >= 11 is 0. The second kappa shape index (κ2) is 34.8. The van der Waals surface area contributed by atoms with Crippen LogP contribution in [0.5, 0.6) is 0 Å². The van der Waals surface area contributed by atoms with E-state index in [1.165, 1.54) is 180 Å². The molecule has 0 N–H and O–H groups in total. The van der Waals surface area contributed by atoms with Gasteiger partial charge in [-0.1, -0.05) is 172 Å². The third kappa shape index (κ3) is 15.6. The second-order valence-electron chi connectivity index (χ2n) is 39.2. The zero-order valence-electron chi connectivity index (χ0n) is 67.5. The summed E-state index contributed by atoms with van der Waals surface area (Å²) < 4.78 is 46.6. The van der Waals surface area contributed by atoms with E-state index in [4.69, 9.17) is 37.9 Å². The first-order valence-corrected chi connectivity index (χ1v) is 45.8. The molecule has 17 aliphatic rings. The van der Waals surface area contributed by atoms with Crippen LogP contribution in [0.1, 0.15) is 326 Å². The molecule has 17 saturated carbocycles. The minimum atomic E-state index is -0.0363. The highest BCUT2D eigenvalue weighted by atomic mass is 16.7. The molecular weight excluding hydrogens is 1300 g/mol. The lowest BCUT2D eigenvalue weighted by molar-refractivity contribution is -0.185. The lowest BCUT2D eigenvalue weighted by Crippen LogP contribution is -2.37. The van der Waals surface area contributed by atoms with Crippen molar-refractivity contribution < 1.29 is 57.1 Å². The zero-order chi connectivity index (χ0) is 72.6. The first-order chi connectivity index (χ1) is 50.7. The minimum Gasteiger partial charge on any atom is -0.438 e. The molecule has 10 bridgehead atoms. The molecule has 12 nitrogen and oxygen atoms in total. The predicted molar refractivity (Wildman–Crippen MR) is 407 cm³/mol. The van der Waals surface area contributed by atoms with E-state index in [-0.39, 0.29) is 85.9 Å². The van der Waals surface area contributed by atoms with Crippen LogP contribution >= 0.6 is 0 Å². The summed E-state index contributed by atoms with van der Waals surface area (Å²) in [4.78, 5) is 51.2. The maximum atomic E-state index is 12.9. The quantitative estimate of drug-likeness (QED) is 0.0462. The summed E-state index contributed by atoms with van der Waals surface area (Å²) in [6, 6.07) is 0. The largest absolute Gasteiger partial charge is 0.438 e. The lowest BCUT2D eigenvalue weighted by atomic mass is 9.70. The second-order valence-corrected chi connectivity index (χ2v) is 39.2. The summed E-state index contributed by atoms with van der Waals surface area (Å²) in [7, 11) is 0. The van der Waals surface area contributed by atoms with Gasteiger partial charge in [0.15, 0.2) is 27.2 Å². The van der Waals surface area contributed by atoms with Gasteiger partial charge in [-0.05, 0) is 308 Å². The zero-order valence-corrected chi connectivity index (χ0v) is 67.5. The van der Waals surface area contributed by atoms with Crippen LogP contribution in [0, 0.1) is 178 Å². The van der Waals surface area contributed by atoms with Crippen LogP contribution in [0.2, 0.25) is 0 Å². The Morgan fingerprint density at radius 2 is 0.596 bits per heavy atom. The molecule has 17 fully saturated rings. The first-order valence-electron chi connectivity index (χ1n) is 45.8. The van der Waals surface area contributed by atoms with E-state index in [2.05, 4.69) is 69.2 Å². The predicted octanol–water partition coefficient (Wildman–Crippen LogP) is 21.7. The third-order valence-electron chi connectivity index (χ3n) is 35.6. The molecule has 0 aliphatic heterocycles. The van der Waals surface area contributed by atoms with Crippen molar-refractivity contribution in [3.63, 3.8) is 0 Å². The summed E-state index contributed by atoms with van der Waals surface area (Å²) in [6.07, 6.45) is 50.3. The van der Waals surface area contributed by atoms with Crippen molar-refractivity contribution in [3.05, 3.63) is 0 Å². The van der Waals surface area contributed by atoms with Gasteiger partial charge in [-0.3, -0.25) is 19.2 Å². The molecule has 0 radical (unpaired) electrons. The molecule has 12 heteroatoms. The standard InChI is InChI=1S/C24H40O3.C23H36O3.C23H38O3.C22H36O3/c1-4-16-12-17(5-2)22-19-13-18(21(16)22)14-20(19)23(25)26-15-27-24(6-3)10-8-7-9-11-24;1-3-14-9-15(4-2)22-18-10-17(21(14)22)11-19(18)23(24)26-12-25-20-8-13-5-6-16(20)7-13;1-4-15-11-16(5-2)21-18-12-17(20(15)21)13-19(18)22(24)25-14-26-23(6-3)9-7-8-10-23;1-3-14-10-15(4-2)21-18-11-16(20(14)21)12-19(18)22(23)25-13-24-17-8-6-5-7-9-17/h16-22H,4-15H2,1-3H3;13-22H,3-12H2,1-2H3;15-21H,4-14H2,1-3H3;14-21H,3-13H2,1-2H3. The summed E-state index contributed by atoms with van der Waals surface area (Å²) in [6.45, 7) is 24.0. The molecule has 0 saturated heterocycles. The van der Waals surface area contributed by atoms with E-state index in [9.17, 15) is 19.2 Å². The van der Waals surface area contributed by atoms with Crippen LogP contribution < -0.4 is 0 Å². The van der Waals surface area contributed by atoms with E-state index in [1.807, 2.05) is 0 Å². The Balaban J connectivity index is 0.000000117. The van der Waals surface area contributed by atoms with Crippen LogP contribution in [0.4, 0.5) is 0 Å². The van der Waals surface area contributed by atoms with Crippen molar-refractivity contribution in [1.82, 2.24) is 0 Å². The normalized spacial score (nSPS) is 44.9. The Labute approximate surface area is 631 Å². The van der Waals surface area contributed by atoms with Crippen LogP contribution in [-0.2, 0) is 57.1 Å². The Morgan fingerprint density at radius 3 is 0.904 bits per heavy atom. The fourth-order valence-electron chi connectivity index (χ4n) is 30.9. The lowest BCUT2D eigenvalue weighted by Gasteiger charge is -2.37. The number of ether oxygens (including phenoxy) is 8. The molecule has 17 rings (SSSR count). The van der Waals surface area contributed by atoms with Crippen molar-refractivity contribution in [2.75, 3.05) is 27.2 Å². The highest BCUT2D eigenvalue weighted by Gasteiger charge is 2.65. The molecular formula is C92H150O12. The van der Waals surface area contributed by atoms with Crippen molar-refractivity contribution in [2.24, 2.45) is 178 Å². The topological polar surface area (TPSA) is 142 Å². The van der Waals surface area contributed by atoms with Gasteiger partial charge >= 0.3 is 23.9 Å². The molecule has 0 amide bonds. The number of hydrogen-bond acceptors (Lipinski definition) is 12. The van der Waals surface area contributed by atoms with Gasteiger partial charge in [0.1, 0.15) is 0 Å². The summed E-state index contributed by atoms with van der Waals surface area (Å²) in [5.41, 5.74) is -0.0570. The number of fused-ring (bicyclic) bond motifs is 22. The van der Waals surface area contributed by atoms with Gasteiger partial charge in [-0.2, -0.15) is 0 Å². The average molecular weight is 1450 g/mol. The Kier molecular flexibility index (Phi) is 26.2. The van der Waals surface area contributed by atoms with Gasteiger partial charge in [0, 0.05) is 0 Å². The first kappa shape index (κ1) is 78.4. The van der Waals surface area contributed by atoms with Crippen molar-refractivity contribution in [3.8, 4) is 0 Å². The average Bonchev–Trinajstić information content (AvgIpc) is 1.59. The van der Waals surface area contributed by atoms with E-state index < -0.39 is 0 Å². The number of carbonyl (C=O) groups is 4. The number of esters is 4. The van der Waals surface area contributed by atoms with Gasteiger partial charge in [0.05, 0.1) is 47.1 Å². The fraction of sp³-hybridized carbons (Fsp3) is 0.957. The monoisotopic (exact) mass is 1450 g/mol. The molecule has 590 valence electrons. The molecule has 0 spiro atoms. The molecule has 0 aromatic rings. The maximum absolute atomic E-state index is 12.9. The molecule has 0 aromatic carbocycles. The van der Waals surface area contributed by atoms with Gasteiger partial charge in [0.25, 0.3) is 0 Å². The maximum Gasteiger partial charge on any atom is 0.311 e.